The Morgan fingerprint density at radius 2 is 2.30 bits per heavy atom. The summed E-state index contributed by atoms with van der Waals surface area (Å²) in [5.41, 5.74) is 2.52. The number of Topliss-reactive ketones (excluding diaryl/α,β-unsaturated/α-hetero) is 1. The average Bonchev–Trinajstić information content (AvgIpc) is 3.13. The summed E-state index contributed by atoms with van der Waals surface area (Å²) in [6.07, 6.45) is 5.81. The average molecular weight is 269 g/mol. The molecule has 20 heavy (non-hydrogen) atoms. The summed E-state index contributed by atoms with van der Waals surface area (Å²) in [6.45, 7) is 2.13. The maximum Gasteiger partial charge on any atom is 0.179 e. The molecule has 1 N–H and O–H groups in total. The SMILES string of the molecule is CC[C@@H]1CC(=O)C[C@H]1c1nnc2cnc3[nH]ccc3n12. The van der Waals surface area contributed by atoms with Crippen LogP contribution in [0.2, 0.25) is 0 Å². The molecule has 2 atom stereocenters. The second kappa shape index (κ2) is 4.13. The molecule has 0 aliphatic heterocycles. The molecule has 0 spiro atoms. The van der Waals surface area contributed by atoms with Crippen molar-refractivity contribution in [2.45, 2.75) is 32.1 Å². The van der Waals surface area contributed by atoms with Gasteiger partial charge in [-0.15, -0.1) is 10.2 Å². The van der Waals surface area contributed by atoms with Gasteiger partial charge in [-0.2, -0.15) is 0 Å². The molecule has 1 aliphatic carbocycles. The summed E-state index contributed by atoms with van der Waals surface area (Å²) < 4.78 is 2.03. The van der Waals surface area contributed by atoms with E-state index in [1.54, 1.807) is 6.20 Å². The van der Waals surface area contributed by atoms with Gasteiger partial charge in [0.05, 0.1) is 11.7 Å². The third kappa shape index (κ3) is 1.51. The number of aromatic nitrogens is 5. The van der Waals surface area contributed by atoms with Crippen LogP contribution in [-0.2, 0) is 4.79 Å². The van der Waals surface area contributed by atoms with Crippen LogP contribution in [-0.4, -0.2) is 30.3 Å². The lowest BCUT2D eigenvalue weighted by Crippen LogP contribution is -2.09. The predicted molar refractivity (Wildman–Crippen MR) is 73.4 cm³/mol. The second-order valence-corrected chi connectivity index (χ2v) is 5.44. The van der Waals surface area contributed by atoms with E-state index < -0.39 is 0 Å². The highest BCUT2D eigenvalue weighted by atomic mass is 16.1. The van der Waals surface area contributed by atoms with Crippen LogP contribution in [0.4, 0.5) is 0 Å². The number of fused-ring (bicyclic) bond motifs is 3. The van der Waals surface area contributed by atoms with Crippen LogP contribution in [0.25, 0.3) is 16.8 Å². The smallest absolute Gasteiger partial charge is 0.179 e. The van der Waals surface area contributed by atoms with Gasteiger partial charge in [-0.3, -0.25) is 9.20 Å². The van der Waals surface area contributed by atoms with Crippen molar-refractivity contribution in [2.24, 2.45) is 5.92 Å². The molecule has 1 saturated carbocycles. The molecule has 3 aromatic heterocycles. The zero-order valence-electron chi connectivity index (χ0n) is 11.2. The zero-order valence-corrected chi connectivity index (χ0v) is 11.2. The van der Waals surface area contributed by atoms with Gasteiger partial charge in [0, 0.05) is 25.0 Å². The van der Waals surface area contributed by atoms with E-state index >= 15 is 0 Å². The molecule has 0 aromatic carbocycles. The third-order valence-electron chi connectivity index (χ3n) is 4.33. The normalized spacial score (nSPS) is 23.1. The Balaban J connectivity index is 1.95. The van der Waals surface area contributed by atoms with Gasteiger partial charge in [-0.1, -0.05) is 13.3 Å². The Kier molecular flexibility index (Phi) is 2.39. The van der Waals surface area contributed by atoms with E-state index in [-0.39, 0.29) is 5.92 Å². The highest BCUT2D eigenvalue weighted by Gasteiger charge is 2.36. The molecule has 6 nitrogen and oxygen atoms in total. The van der Waals surface area contributed by atoms with E-state index in [9.17, 15) is 4.79 Å². The van der Waals surface area contributed by atoms with Gasteiger partial charge >= 0.3 is 0 Å². The van der Waals surface area contributed by atoms with Crippen molar-refractivity contribution in [1.82, 2.24) is 24.6 Å². The maximum absolute atomic E-state index is 11.8. The molecular formula is C14H15N5O. The molecule has 0 unspecified atom stereocenters. The molecule has 0 bridgehead atoms. The largest absolute Gasteiger partial charge is 0.345 e. The molecule has 0 amide bonds. The molecule has 3 heterocycles. The number of nitrogens with zero attached hydrogens (tertiary/aromatic N) is 4. The number of H-pyrrole nitrogens is 1. The van der Waals surface area contributed by atoms with E-state index in [0.717, 1.165) is 29.1 Å². The van der Waals surface area contributed by atoms with Crippen LogP contribution < -0.4 is 0 Å². The van der Waals surface area contributed by atoms with Crippen LogP contribution in [0.3, 0.4) is 0 Å². The Hall–Kier alpha value is -2.24. The van der Waals surface area contributed by atoms with Crippen LogP contribution in [0, 0.1) is 5.92 Å². The molecule has 0 saturated heterocycles. The number of carbonyl (C=O) groups is 1. The number of nitrogens with one attached hydrogen (secondary N) is 1. The van der Waals surface area contributed by atoms with E-state index in [2.05, 4.69) is 27.1 Å². The van der Waals surface area contributed by atoms with Gasteiger partial charge in [0.2, 0.25) is 0 Å². The van der Waals surface area contributed by atoms with Crippen molar-refractivity contribution in [2.75, 3.05) is 0 Å². The molecule has 3 aromatic rings. The Bertz CT molecular complexity index is 802. The first-order chi connectivity index (χ1) is 9.78. The minimum Gasteiger partial charge on any atom is -0.345 e. The van der Waals surface area contributed by atoms with E-state index in [1.807, 2.05) is 16.7 Å². The number of aromatic amines is 1. The van der Waals surface area contributed by atoms with Gasteiger partial charge in [-0.25, -0.2) is 4.98 Å². The molecular weight excluding hydrogens is 254 g/mol. The fourth-order valence-electron chi connectivity index (χ4n) is 3.30. The molecule has 4 rings (SSSR count). The van der Waals surface area contributed by atoms with Gasteiger partial charge in [-0.05, 0) is 12.0 Å². The highest BCUT2D eigenvalue weighted by molar-refractivity contribution is 5.82. The topological polar surface area (TPSA) is 75.9 Å². The molecule has 6 heteroatoms. The van der Waals surface area contributed by atoms with Crippen LogP contribution in [0.5, 0.6) is 0 Å². The van der Waals surface area contributed by atoms with Crippen molar-refractivity contribution in [3.63, 3.8) is 0 Å². The number of rotatable bonds is 2. The molecule has 102 valence electrons. The summed E-state index contributed by atoms with van der Waals surface area (Å²) in [4.78, 5) is 19.2. The first-order valence-electron chi connectivity index (χ1n) is 6.96. The van der Waals surface area contributed by atoms with Gasteiger partial charge < -0.3 is 4.98 Å². The monoisotopic (exact) mass is 269 g/mol. The van der Waals surface area contributed by atoms with E-state index in [4.69, 9.17) is 0 Å². The highest BCUT2D eigenvalue weighted by Crippen LogP contribution is 2.39. The number of ketones is 1. The quantitative estimate of drug-likeness (QED) is 0.772. The Morgan fingerprint density at radius 1 is 1.40 bits per heavy atom. The third-order valence-corrected chi connectivity index (χ3v) is 4.33. The second-order valence-electron chi connectivity index (χ2n) is 5.44. The summed E-state index contributed by atoms with van der Waals surface area (Å²) in [5, 5.41) is 8.56. The Morgan fingerprint density at radius 3 is 3.15 bits per heavy atom. The number of carbonyl (C=O) groups excluding carboxylic acids is 1. The zero-order chi connectivity index (χ0) is 13.7. The summed E-state index contributed by atoms with van der Waals surface area (Å²) in [5.74, 6) is 1.77. The van der Waals surface area contributed by atoms with Crippen molar-refractivity contribution < 1.29 is 4.79 Å². The minimum atomic E-state index is 0.169. The van der Waals surface area contributed by atoms with Crippen molar-refractivity contribution in [3.8, 4) is 0 Å². The first kappa shape index (κ1) is 11.6. The van der Waals surface area contributed by atoms with Crippen molar-refractivity contribution in [1.29, 1.82) is 0 Å². The van der Waals surface area contributed by atoms with E-state index in [0.29, 0.717) is 24.5 Å². The van der Waals surface area contributed by atoms with Gasteiger partial charge in [0.25, 0.3) is 0 Å². The first-order valence-corrected chi connectivity index (χ1v) is 6.96. The lowest BCUT2D eigenvalue weighted by molar-refractivity contribution is -0.117. The van der Waals surface area contributed by atoms with Crippen molar-refractivity contribution in [3.05, 3.63) is 24.3 Å². The predicted octanol–water partition coefficient (Wildman–Crippen LogP) is 2.08. The van der Waals surface area contributed by atoms with Crippen LogP contribution in [0.15, 0.2) is 18.5 Å². The lowest BCUT2D eigenvalue weighted by atomic mass is 9.93. The molecule has 1 fully saturated rings. The van der Waals surface area contributed by atoms with Crippen molar-refractivity contribution >= 4 is 22.6 Å². The summed E-state index contributed by atoms with van der Waals surface area (Å²) >= 11 is 0. The summed E-state index contributed by atoms with van der Waals surface area (Å²) in [7, 11) is 0. The fraction of sp³-hybridized carbons (Fsp3) is 0.429. The van der Waals surface area contributed by atoms with Gasteiger partial charge in [0.15, 0.2) is 11.3 Å². The van der Waals surface area contributed by atoms with Crippen LogP contribution >= 0.6 is 0 Å². The number of hydrogen-bond donors (Lipinski definition) is 1. The standard InChI is InChI=1S/C14H15N5O/c1-2-8-5-9(20)6-10(8)14-18-17-12-7-16-13-11(19(12)14)3-4-15-13/h3-4,7-8,10,15H,2,5-6H2,1H3/t8-,10-/m1/s1. The molecule has 1 aliphatic rings. The Labute approximate surface area is 115 Å². The van der Waals surface area contributed by atoms with E-state index in [1.165, 1.54) is 0 Å². The summed E-state index contributed by atoms with van der Waals surface area (Å²) in [6, 6.07) is 1.97. The van der Waals surface area contributed by atoms with Crippen LogP contribution in [0.1, 0.15) is 37.9 Å². The maximum atomic E-state index is 11.8. The number of hydrogen-bond acceptors (Lipinski definition) is 4. The lowest BCUT2D eigenvalue weighted by Gasteiger charge is -2.15. The molecule has 0 radical (unpaired) electrons. The van der Waals surface area contributed by atoms with Gasteiger partial charge in [0.1, 0.15) is 11.6 Å². The minimum absolute atomic E-state index is 0.169. The fourth-order valence-corrected chi connectivity index (χ4v) is 3.30.